The number of aromatic nitrogens is 4. The van der Waals surface area contributed by atoms with Gasteiger partial charge >= 0.3 is 0 Å². The number of carbonyl (C=O) groups is 1. The molecule has 1 fully saturated rings. The number of nitrogens with zero attached hydrogens (tertiary/aromatic N) is 5. The lowest BCUT2D eigenvalue weighted by Crippen LogP contribution is -2.36. The van der Waals surface area contributed by atoms with Crippen molar-refractivity contribution in [2.24, 2.45) is 5.92 Å². The number of carbonyl (C=O) groups excluding carboxylic acids is 1. The van der Waals surface area contributed by atoms with E-state index < -0.39 is 0 Å². The highest BCUT2D eigenvalue weighted by Gasteiger charge is 2.26. The lowest BCUT2D eigenvalue weighted by atomic mass is 10.0. The Morgan fingerprint density at radius 1 is 1.40 bits per heavy atom. The van der Waals surface area contributed by atoms with Gasteiger partial charge in [0, 0.05) is 37.6 Å². The Kier molecular flexibility index (Phi) is 4.46. The maximum atomic E-state index is 12.8. The molecule has 0 N–H and O–H groups in total. The largest absolute Gasteiger partial charge is 0.379 e. The molecule has 3 aromatic heterocycles. The first-order valence-electron chi connectivity index (χ1n) is 8.25. The average molecular weight is 357 g/mol. The molecule has 1 saturated heterocycles. The summed E-state index contributed by atoms with van der Waals surface area (Å²) in [6.07, 6.45) is 8.20. The monoisotopic (exact) mass is 357 g/mol. The number of amides is 1. The minimum atomic E-state index is 0.0496. The molecule has 1 aliphatic heterocycles. The molecule has 0 saturated carbocycles. The molecule has 0 spiro atoms. The van der Waals surface area contributed by atoms with E-state index in [1.54, 1.807) is 17.9 Å². The van der Waals surface area contributed by atoms with Gasteiger partial charge in [-0.05, 0) is 13.3 Å². The van der Waals surface area contributed by atoms with E-state index in [-0.39, 0.29) is 11.8 Å². The third kappa shape index (κ3) is 3.40. The molecule has 130 valence electrons. The number of thiazole rings is 1. The number of hydrogen-bond acceptors (Lipinski definition) is 6. The summed E-state index contributed by atoms with van der Waals surface area (Å²) in [6.45, 7) is 4.35. The summed E-state index contributed by atoms with van der Waals surface area (Å²) in [5.74, 6) is 0.265. The van der Waals surface area contributed by atoms with Crippen molar-refractivity contribution in [2.45, 2.75) is 13.3 Å². The summed E-state index contributed by atoms with van der Waals surface area (Å²) in [5, 5.41) is 0. The first-order chi connectivity index (χ1) is 12.2. The van der Waals surface area contributed by atoms with Gasteiger partial charge in [0.05, 0.1) is 36.3 Å². The second kappa shape index (κ2) is 6.89. The van der Waals surface area contributed by atoms with Gasteiger partial charge in [-0.3, -0.25) is 9.78 Å². The maximum Gasteiger partial charge on any atom is 0.265 e. The van der Waals surface area contributed by atoms with Gasteiger partial charge in [0.25, 0.3) is 5.91 Å². The highest BCUT2D eigenvalue weighted by molar-refractivity contribution is 7.11. The van der Waals surface area contributed by atoms with Crippen molar-refractivity contribution in [2.75, 3.05) is 26.3 Å². The number of fused-ring (bicyclic) bond motifs is 1. The third-order valence-corrected chi connectivity index (χ3v) is 5.31. The van der Waals surface area contributed by atoms with Crippen LogP contribution in [-0.2, 0) is 11.2 Å². The van der Waals surface area contributed by atoms with Crippen molar-refractivity contribution in [1.29, 1.82) is 0 Å². The van der Waals surface area contributed by atoms with Crippen LogP contribution in [-0.4, -0.2) is 56.5 Å². The number of imidazole rings is 1. The van der Waals surface area contributed by atoms with Crippen molar-refractivity contribution in [3.63, 3.8) is 0 Å². The van der Waals surface area contributed by atoms with E-state index in [0.29, 0.717) is 26.3 Å². The molecule has 1 atom stereocenters. The molecule has 25 heavy (non-hydrogen) atoms. The van der Waals surface area contributed by atoms with E-state index in [1.165, 1.54) is 11.3 Å². The molecule has 3 aromatic rings. The molecule has 4 heterocycles. The van der Waals surface area contributed by atoms with E-state index in [9.17, 15) is 4.79 Å². The van der Waals surface area contributed by atoms with Crippen LogP contribution in [0.5, 0.6) is 0 Å². The van der Waals surface area contributed by atoms with Crippen LogP contribution in [0.2, 0.25) is 0 Å². The van der Waals surface area contributed by atoms with Crippen molar-refractivity contribution in [3.05, 3.63) is 46.6 Å². The molecule has 4 rings (SSSR count). The van der Waals surface area contributed by atoms with Gasteiger partial charge in [0.2, 0.25) is 0 Å². The van der Waals surface area contributed by atoms with E-state index >= 15 is 0 Å². The van der Waals surface area contributed by atoms with Crippen LogP contribution in [0.25, 0.3) is 5.65 Å². The lowest BCUT2D eigenvalue weighted by Gasteiger charge is -2.23. The molecule has 8 heteroatoms. The van der Waals surface area contributed by atoms with Crippen LogP contribution in [0, 0.1) is 12.8 Å². The van der Waals surface area contributed by atoms with Crippen LogP contribution < -0.4 is 0 Å². The van der Waals surface area contributed by atoms with Crippen molar-refractivity contribution in [1.82, 2.24) is 24.3 Å². The SMILES string of the molecule is Cc1ncsc1C(=O)N1CCOC[C@H](Cc2cn3ccnc3cn2)C1. The molecule has 1 amide bonds. The van der Waals surface area contributed by atoms with Crippen molar-refractivity contribution < 1.29 is 9.53 Å². The Balaban J connectivity index is 1.49. The van der Waals surface area contributed by atoms with Crippen LogP contribution in [0.1, 0.15) is 21.1 Å². The Labute approximate surface area is 149 Å². The zero-order chi connectivity index (χ0) is 17.2. The normalized spacial score (nSPS) is 18.4. The van der Waals surface area contributed by atoms with Gasteiger partial charge in [0.15, 0.2) is 5.65 Å². The summed E-state index contributed by atoms with van der Waals surface area (Å²) in [6, 6.07) is 0. The van der Waals surface area contributed by atoms with Crippen LogP contribution in [0.15, 0.2) is 30.3 Å². The van der Waals surface area contributed by atoms with Crippen LogP contribution >= 0.6 is 11.3 Å². The van der Waals surface area contributed by atoms with Gasteiger partial charge in [-0.1, -0.05) is 0 Å². The number of aryl methyl sites for hydroxylation is 1. The van der Waals surface area contributed by atoms with Gasteiger partial charge in [-0.15, -0.1) is 11.3 Å². The molecular weight excluding hydrogens is 338 g/mol. The summed E-state index contributed by atoms with van der Waals surface area (Å²) < 4.78 is 7.69. The fraction of sp³-hybridized carbons (Fsp3) is 0.412. The van der Waals surface area contributed by atoms with Gasteiger partial charge in [-0.25, -0.2) is 9.97 Å². The number of hydrogen-bond donors (Lipinski definition) is 0. The molecule has 0 aromatic carbocycles. The van der Waals surface area contributed by atoms with E-state index in [0.717, 1.165) is 28.3 Å². The van der Waals surface area contributed by atoms with E-state index in [1.807, 2.05) is 28.6 Å². The summed E-state index contributed by atoms with van der Waals surface area (Å²) in [7, 11) is 0. The summed E-state index contributed by atoms with van der Waals surface area (Å²) >= 11 is 1.40. The minimum absolute atomic E-state index is 0.0496. The average Bonchev–Trinajstić information content (AvgIpc) is 3.18. The second-order valence-corrected chi connectivity index (χ2v) is 7.09. The smallest absolute Gasteiger partial charge is 0.265 e. The number of ether oxygens (including phenoxy) is 1. The van der Waals surface area contributed by atoms with Crippen LogP contribution in [0.3, 0.4) is 0 Å². The standard InChI is InChI=1S/C17H19N5O2S/c1-12-16(25-11-20-12)17(23)22-4-5-24-10-13(8-22)6-14-9-21-3-2-18-15(21)7-19-14/h2-3,7,9,11,13H,4-6,8,10H2,1H3/t13-/m1/s1. The first kappa shape index (κ1) is 16.2. The lowest BCUT2D eigenvalue weighted by molar-refractivity contribution is 0.0741. The Hall–Kier alpha value is -2.32. The van der Waals surface area contributed by atoms with Gasteiger partial charge < -0.3 is 14.0 Å². The summed E-state index contributed by atoms with van der Waals surface area (Å²) in [4.78, 5) is 28.3. The Morgan fingerprint density at radius 2 is 2.32 bits per heavy atom. The predicted octanol–water partition coefficient (Wildman–Crippen LogP) is 1.83. The van der Waals surface area contributed by atoms with Gasteiger partial charge in [-0.2, -0.15) is 0 Å². The minimum Gasteiger partial charge on any atom is -0.379 e. The highest BCUT2D eigenvalue weighted by atomic mass is 32.1. The Bertz CT molecular complexity index is 890. The topological polar surface area (TPSA) is 72.6 Å². The molecule has 0 aliphatic carbocycles. The third-order valence-electron chi connectivity index (χ3n) is 4.40. The zero-order valence-electron chi connectivity index (χ0n) is 14.0. The fourth-order valence-electron chi connectivity index (χ4n) is 3.11. The first-order valence-corrected chi connectivity index (χ1v) is 9.13. The zero-order valence-corrected chi connectivity index (χ0v) is 14.8. The molecule has 0 bridgehead atoms. The quantitative estimate of drug-likeness (QED) is 0.715. The fourth-order valence-corrected chi connectivity index (χ4v) is 3.88. The molecular formula is C17H19N5O2S. The highest BCUT2D eigenvalue weighted by Crippen LogP contribution is 2.19. The van der Waals surface area contributed by atoms with E-state index in [4.69, 9.17) is 4.74 Å². The predicted molar refractivity (Wildman–Crippen MR) is 93.8 cm³/mol. The molecule has 0 radical (unpaired) electrons. The van der Waals surface area contributed by atoms with Crippen molar-refractivity contribution in [3.8, 4) is 0 Å². The molecule has 0 unspecified atom stereocenters. The number of rotatable bonds is 3. The summed E-state index contributed by atoms with van der Waals surface area (Å²) in [5.41, 5.74) is 4.32. The van der Waals surface area contributed by atoms with Crippen LogP contribution in [0.4, 0.5) is 0 Å². The van der Waals surface area contributed by atoms with Gasteiger partial charge in [0.1, 0.15) is 4.88 Å². The molecule has 7 nitrogen and oxygen atoms in total. The van der Waals surface area contributed by atoms with Crippen molar-refractivity contribution >= 4 is 22.9 Å². The van der Waals surface area contributed by atoms with E-state index in [2.05, 4.69) is 15.0 Å². The maximum absolute atomic E-state index is 12.8. The second-order valence-electron chi connectivity index (χ2n) is 6.23. The molecule has 1 aliphatic rings. The Morgan fingerprint density at radius 3 is 3.16 bits per heavy atom.